The van der Waals surface area contributed by atoms with Crippen LogP contribution in [0.4, 0.5) is 24.7 Å². The number of hydrogen-bond donors (Lipinski definition) is 2. The molecule has 12 heteroatoms. The van der Waals surface area contributed by atoms with Crippen molar-refractivity contribution in [2.45, 2.75) is 52.1 Å². The molecule has 0 amide bonds. The van der Waals surface area contributed by atoms with Crippen LogP contribution in [0.25, 0.3) is 22.6 Å². The second-order valence-corrected chi connectivity index (χ2v) is 10.6. The number of halogens is 3. The number of anilines is 2. The number of fused-ring (bicyclic) bond motifs is 1. The van der Waals surface area contributed by atoms with Gasteiger partial charge in [0, 0.05) is 32.4 Å². The van der Waals surface area contributed by atoms with Crippen molar-refractivity contribution in [3.63, 3.8) is 0 Å². The maximum Gasteiger partial charge on any atom is 0.573 e. The predicted octanol–water partition coefficient (Wildman–Crippen LogP) is 6.11. The fourth-order valence-corrected chi connectivity index (χ4v) is 4.93. The molecule has 1 aliphatic rings. The third-order valence-electron chi connectivity index (χ3n) is 7.42. The minimum atomic E-state index is -4.94. The van der Waals surface area contributed by atoms with Gasteiger partial charge in [0.25, 0.3) is 0 Å². The van der Waals surface area contributed by atoms with Gasteiger partial charge in [-0.2, -0.15) is 0 Å². The number of nitrogens with one attached hydrogen (secondary N) is 1. The molecule has 1 saturated carbocycles. The molecular formula is C29H31F3N6O3. The van der Waals surface area contributed by atoms with Crippen molar-refractivity contribution in [1.82, 2.24) is 19.5 Å². The molecule has 0 bridgehead atoms. The highest BCUT2D eigenvalue weighted by molar-refractivity contribution is 5.92. The first kappa shape index (κ1) is 28.2. The zero-order valence-electron chi connectivity index (χ0n) is 23.2. The highest BCUT2D eigenvalue weighted by Crippen LogP contribution is 2.39. The van der Waals surface area contributed by atoms with Crippen molar-refractivity contribution in [3.05, 3.63) is 59.4 Å². The van der Waals surface area contributed by atoms with Crippen LogP contribution in [0.5, 0.6) is 5.75 Å². The van der Waals surface area contributed by atoms with Crippen LogP contribution < -0.4 is 15.0 Å². The quantitative estimate of drug-likeness (QED) is 0.249. The Morgan fingerprint density at radius 2 is 1.85 bits per heavy atom. The number of nitrogens with zero attached hydrogens (tertiary/aromatic N) is 5. The summed E-state index contributed by atoms with van der Waals surface area (Å²) in [6, 6.07) is 12.0. The molecule has 41 heavy (non-hydrogen) atoms. The minimum absolute atomic E-state index is 0.0177. The number of carboxylic acid groups (broad SMARTS) is 1. The first-order valence-electron chi connectivity index (χ1n) is 13.3. The van der Waals surface area contributed by atoms with E-state index in [1.165, 1.54) is 12.1 Å². The molecule has 1 atom stereocenters. The van der Waals surface area contributed by atoms with Crippen molar-refractivity contribution in [3.8, 4) is 17.1 Å². The highest BCUT2D eigenvalue weighted by Gasteiger charge is 2.34. The Morgan fingerprint density at radius 3 is 2.44 bits per heavy atom. The molecule has 2 aromatic carbocycles. The second-order valence-electron chi connectivity index (χ2n) is 10.6. The summed E-state index contributed by atoms with van der Waals surface area (Å²) in [7, 11) is 3.54. The lowest BCUT2D eigenvalue weighted by Gasteiger charge is -2.32. The average Bonchev–Trinajstić information content (AvgIpc) is 3.21. The standard InChI is InChI=1S/C29H31F3N6O3/c1-16-8-10-18(11-9-16)15-38-23-24(33-17(2)19-6-5-7-19)34-26(28(39)40)35-25(23)36-27(38)21-14-20(37(3)4)12-13-22(21)41-29(30,31)32/h8-14,17,19H,5-7,15H2,1-4H3,(H,39,40)(H,33,34,35)/t17-/m1/s1. The Balaban J connectivity index is 1.78. The molecule has 1 fully saturated rings. The van der Waals surface area contributed by atoms with Gasteiger partial charge in [0.2, 0.25) is 5.82 Å². The molecule has 0 radical (unpaired) electrons. The maximum atomic E-state index is 13.5. The van der Waals surface area contributed by atoms with Gasteiger partial charge in [-0.25, -0.2) is 19.7 Å². The summed E-state index contributed by atoms with van der Waals surface area (Å²) in [5, 5.41) is 13.1. The van der Waals surface area contributed by atoms with Gasteiger partial charge in [-0.1, -0.05) is 36.2 Å². The van der Waals surface area contributed by atoms with E-state index in [1.807, 2.05) is 38.1 Å². The van der Waals surface area contributed by atoms with E-state index in [-0.39, 0.29) is 35.4 Å². The summed E-state index contributed by atoms with van der Waals surface area (Å²) >= 11 is 0. The van der Waals surface area contributed by atoms with Gasteiger partial charge in [-0.3, -0.25) is 0 Å². The Labute approximate surface area is 235 Å². The zero-order valence-corrected chi connectivity index (χ0v) is 23.2. The van der Waals surface area contributed by atoms with E-state index in [9.17, 15) is 23.1 Å². The topological polar surface area (TPSA) is 105 Å². The molecule has 216 valence electrons. The monoisotopic (exact) mass is 568 g/mol. The molecule has 0 unspecified atom stereocenters. The second kappa shape index (κ2) is 10.9. The van der Waals surface area contributed by atoms with Crippen LogP contribution in [0.3, 0.4) is 0 Å². The number of rotatable bonds is 9. The Kier molecular flexibility index (Phi) is 7.50. The lowest BCUT2D eigenvalue weighted by molar-refractivity contribution is -0.274. The van der Waals surface area contributed by atoms with Crippen LogP contribution in [0, 0.1) is 12.8 Å². The number of carbonyl (C=O) groups is 1. The fourth-order valence-electron chi connectivity index (χ4n) is 4.93. The summed E-state index contributed by atoms with van der Waals surface area (Å²) < 4.78 is 46.6. The van der Waals surface area contributed by atoms with E-state index in [2.05, 4.69) is 25.0 Å². The van der Waals surface area contributed by atoms with E-state index in [0.29, 0.717) is 17.1 Å². The van der Waals surface area contributed by atoms with Gasteiger partial charge in [0.1, 0.15) is 17.1 Å². The number of imidazole rings is 1. The number of hydrogen-bond acceptors (Lipinski definition) is 7. The van der Waals surface area contributed by atoms with Crippen LogP contribution in [-0.2, 0) is 6.54 Å². The highest BCUT2D eigenvalue weighted by atomic mass is 19.4. The predicted molar refractivity (Wildman–Crippen MR) is 149 cm³/mol. The van der Waals surface area contributed by atoms with E-state index in [0.717, 1.165) is 30.4 Å². The number of ether oxygens (including phenoxy) is 1. The van der Waals surface area contributed by atoms with Crippen molar-refractivity contribution in [1.29, 1.82) is 0 Å². The lowest BCUT2D eigenvalue weighted by atomic mass is 9.80. The van der Waals surface area contributed by atoms with Gasteiger partial charge < -0.3 is 24.6 Å². The molecule has 9 nitrogen and oxygen atoms in total. The third-order valence-corrected chi connectivity index (χ3v) is 7.42. The van der Waals surface area contributed by atoms with Gasteiger partial charge in [0.05, 0.1) is 5.56 Å². The van der Waals surface area contributed by atoms with Crippen LogP contribution in [0.2, 0.25) is 0 Å². The van der Waals surface area contributed by atoms with Crippen molar-refractivity contribution < 1.29 is 27.8 Å². The van der Waals surface area contributed by atoms with Crippen LogP contribution in [-0.4, -0.2) is 57.1 Å². The van der Waals surface area contributed by atoms with Crippen LogP contribution >= 0.6 is 0 Å². The molecule has 2 heterocycles. The van der Waals surface area contributed by atoms with Crippen molar-refractivity contribution >= 4 is 28.6 Å². The summed E-state index contributed by atoms with van der Waals surface area (Å²) in [5.41, 5.74) is 3.06. The fraction of sp³-hybridized carbons (Fsp3) is 0.379. The van der Waals surface area contributed by atoms with E-state index in [1.54, 1.807) is 29.6 Å². The normalized spacial score (nSPS) is 14.5. The van der Waals surface area contributed by atoms with Gasteiger partial charge in [-0.05, 0) is 56.4 Å². The van der Waals surface area contributed by atoms with Crippen molar-refractivity contribution in [2.75, 3.05) is 24.3 Å². The Bertz CT molecular complexity index is 1580. The van der Waals surface area contributed by atoms with Crippen LogP contribution in [0.1, 0.15) is 47.9 Å². The molecular weight excluding hydrogens is 537 g/mol. The summed E-state index contributed by atoms with van der Waals surface area (Å²) in [6.45, 7) is 4.18. The Hall–Kier alpha value is -4.35. The van der Waals surface area contributed by atoms with Gasteiger partial charge in [-0.15, -0.1) is 13.2 Å². The number of alkyl halides is 3. The van der Waals surface area contributed by atoms with Gasteiger partial charge in [0.15, 0.2) is 11.5 Å². The number of aryl methyl sites for hydroxylation is 1. The SMILES string of the molecule is Cc1ccc(Cn2c(-c3cc(N(C)C)ccc3OC(F)(F)F)nc3nc(C(=O)O)nc(N[C@H](C)C4CCC4)c32)cc1. The first-order valence-corrected chi connectivity index (χ1v) is 13.3. The molecule has 0 saturated heterocycles. The summed E-state index contributed by atoms with van der Waals surface area (Å²) in [6.07, 6.45) is -1.74. The zero-order chi connectivity index (χ0) is 29.5. The Morgan fingerprint density at radius 1 is 1.15 bits per heavy atom. The first-order chi connectivity index (χ1) is 19.4. The molecule has 4 aromatic rings. The number of carboxylic acids is 1. The number of aromatic carboxylic acids is 1. The van der Waals surface area contributed by atoms with E-state index >= 15 is 0 Å². The largest absolute Gasteiger partial charge is 0.573 e. The number of aromatic nitrogens is 4. The summed E-state index contributed by atoms with van der Waals surface area (Å²) in [5.74, 6) is -1.44. The minimum Gasteiger partial charge on any atom is -0.475 e. The molecule has 0 aliphatic heterocycles. The average molecular weight is 569 g/mol. The molecule has 1 aliphatic carbocycles. The van der Waals surface area contributed by atoms with Crippen molar-refractivity contribution in [2.24, 2.45) is 5.92 Å². The number of benzene rings is 2. The maximum absolute atomic E-state index is 13.5. The molecule has 0 spiro atoms. The van der Waals surface area contributed by atoms with Gasteiger partial charge >= 0.3 is 12.3 Å². The third kappa shape index (κ3) is 6.06. The van der Waals surface area contributed by atoms with E-state index in [4.69, 9.17) is 0 Å². The lowest BCUT2D eigenvalue weighted by Crippen LogP contribution is -2.31. The van der Waals surface area contributed by atoms with Crippen LogP contribution in [0.15, 0.2) is 42.5 Å². The molecule has 5 rings (SSSR count). The smallest absolute Gasteiger partial charge is 0.475 e. The molecule has 2 aromatic heterocycles. The summed E-state index contributed by atoms with van der Waals surface area (Å²) in [4.78, 5) is 26.9. The van der Waals surface area contributed by atoms with E-state index < -0.39 is 23.9 Å². The molecule has 2 N–H and O–H groups in total.